The molecule has 24 heavy (non-hydrogen) atoms. The Morgan fingerprint density at radius 2 is 2.00 bits per heavy atom. The Kier molecular flexibility index (Phi) is 5.23. The lowest BCUT2D eigenvalue weighted by atomic mass is 9.81. The molecule has 1 aromatic carbocycles. The van der Waals surface area contributed by atoms with Gasteiger partial charge in [0.25, 0.3) is 5.91 Å². The first-order chi connectivity index (χ1) is 11.5. The third-order valence-electron chi connectivity index (χ3n) is 4.58. The number of amides is 1. The van der Waals surface area contributed by atoms with Gasteiger partial charge in [-0.15, -0.1) is 11.3 Å². The Morgan fingerprint density at radius 1 is 1.33 bits per heavy atom. The second-order valence-electron chi connectivity index (χ2n) is 6.68. The molecule has 0 unspecified atom stereocenters. The smallest absolute Gasteiger partial charge is 0.263 e. The first-order valence-electron chi connectivity index (χ1n) is 8.19. The molecule has 2 aromatic rings. The Balaban J connectivity index is 1.70. The lowest BCUT2D eigenvalue weighted by molar-refractivity contribution is 0.0925. The highest BCUT2D eigenvalue weighted by Crippen LogP contribution is 2.30. The summed E-state index contributed by atoms with van der Waals surface area (Å²) in [6.07, 6.45) is 2.18. The number of carbonyl (C=O) groups is 1. The molecule has 1 aliphatic heterocycles. The predicted octanol–water partition coefficient (Wildman–Crippen LogP) is 3.89. The lowest BCUT2D eigenvalue weighted by Crippen LogP contribution is -2.42. The number of piperidine rings is 1. The van der Waals surface area contributed by atoms with Crippen LogP contribution in [0.2, 0.25) is 5.02 Å². The van der Waals surface area contributed by atoms with Gasteiger partial charge in [0.15, 0.2) is 0 Å². The minimum atomic E-state index is -0.0232. The number of carbonyl (C=O) groups excluding carboxylic acids is 1. The molecule has 4 nitrogen and oxygen atoms in total. The molecule has 2 N–H and O–H groups in total. The van der Waals surface area contributed by atoms with E-state index in [0.717, 1.165) is 42.2 Å². The first-order valence-corrected chi connectivity index (χ1v) is 9.39. The van der Waals surface area contributed by atoms with Crippen LogP contribution < -0.4 is 10.6 Å². The fourth-order valence-electron chi connectivity index (χ4n) is 2.90. The maximum atomic E-state index is 12.6. The number of nitrogens with one attached hydrogen (secondary N) is 2. The second-order valence-corrected chi connectivity index (χ2v) is 8.12. The number of nitrogens with zero attached hydrogens (tertiary/aromatic N) is 1. The van der Waals surface area contributed by atoms with E-state index in [4.69, 9.17) is 11.6 Å². The van der Waals surface area contributed by atoms with Crippen LogP contribution in [0.5, 0.6) is 0 Å². The van der Waals surface area contributed by atoms with Crippen LogP contribution in [0.25, 0.3) is 10.6 Å². The van der Waals surface area contributed by atoms with Crippen molar-refractivity contribution in [3.05, 3.63) is 39.9 Å². The summed E-state index contributed by atoms with van der Waals surface area (Å²) in [5.41, 5.74) is 1.94. The molecule has 1 aromatic heterocycles. The van der Waals surface area contributed by atoms with E-state index in [2.05, 4.69) is 22.5 Å². The number of rotatable bonds is 4. The topological polar surface area (TPSA) is 54.0 Å². The molecule has 0 aliphatic carbocycles. The average molecular weight is 364 g/mol. The summed E-state index contributed by atoms with van der Waals surface area (Å²) in [5.74, 6) is -0.0232. The molecule has 0 radical (unpaired) electrons. The average Bonchev–Trinajstić information content (AvgIpc) is 2.96. The summed E-state index contributed by atoms with van der Waals surface area (Å²) in [6, 6.07) is 7.54. The van der Waals surface area contributed by atoms with Crippen molar-refractivity contribution in [3.63, 3.8) is 0 Å². The second kappa shape index (κ2) is 7.21. The van der Waals surface area contributed by atoms with Crippen molar-refractivity contribution in [1.29, 1.82) is 0 Å². The fraction of sp³-hybridized carbons (Fsp3) is 0.444. The van der Waals surface area contributed by atoms with Gasteiger partial charge in [0, 0.05) is 17.1 Å². The van der Waals surface area contributed by atoms with Gasteiger partial charge < -0.3 is 10.6 Å². The number of benzene rings is 1. The molecule has 2 heterocycles. The number of aromatic nitrogens is 1. The first kappa shape index (κ1) is 17.4. The van der Waals surface area contributed by atoms with Crippen LogP contribution in [0.15, 0.2) is 24.3 Å². The van der Waals surface area contributed by atoms with E-state index in [1.165, 1.54) is 11.3 Å². The molecule has 0 atom stereocenters. The maximum absolute atomic E-state index is 12.6. The zero-order valence-corrected chi connectivity index (χ0v) is 15.6. The van der Waals surface area contributed by atoms with Crippen molar-refractivity contribution >= 4 is 28.8 Å². The van der Waals surface area contributed by atoms with Gasteiger partial charge in [0.2, 0.25) is 0 Å². The van der Waals surface area contributed by atoms with Crippen LogP contribution in [0, 0.1) is 12.3 Å². The van der Waals surface area contributed by atoms with E-state index >= 15 is 0 Å². The van der Waals surface area contributed by atoms with E-state index in [0.29, 0.717) is 16.4 Å². The summed E-state index contributed by atoms with van der Waals surface area (Å²) in [7, 11) is 0. The zero-order valence-electron chi connectivity index (χ0n) is 14.0. The third-order valence-corrected chi connectivity index (χ3v) is 6.04. The van der Waals surface area contributed by atoms with Crippen LogP contribution in [0.3, 0.4) is 0 Å². The predicted molar refractivity (Wildman–Crippen MR) is 99.8 cm³/mol. The van der Waals surface area contributed by atoms with Gasteiger partial charge in [-0.2, -0.15) is 0 Å². The van der Waals surface area contributed by atoms with Crippen molar-refractivity contribution in [3.8, 4) is 10.6 Å². The number of halogens is 1. The molecule has 0 bridgehead atoms. The summed E-state index contributed by atoms with van der Waals surface area (Å²) in [4.78, 5) is 17.8. The summed E-state index contributed by atoms with van der Waals surface area (Å²) < 4.78 is 0. The van der Waals surface area contributed by atoms with Gasteiger partial charge in [-0.1, -0.05) is 30.7 Å². The van der Waals surface area contributed by atoms with E-state index in [1.54, 1.807) is 0 Å². The minimum Gasteiger partial charge on any atom is -0.351 e. The van der Waals surface area contributed by atoms with Crippen molar-refractivity contribution in [1.82, 2.24) is 15.6 Å². The van der Waals surface area contributed by atoms with Gasteiger partial charge in [-0.3, -0.25) is 4.79 Å². The molecule has 1 aliphatic rings. The number of hydrogen-bond acceptors (Lipinski definition) is 4. The third kappa shape index (κ3) is 3.97. The van der Waals surface area contributed by atoms with Crippen LogP contribution in [0.1, 0.15) is 35.1 Å². The lowest BCUT2D eigenvalue weighted by Gasteiger charge is -2.34. The summed E-state index contributed by atoms with van der Waals surface area (Å²) in [5, 5.41) is 8.01. The van der Waals surface area contributed by atoms with Crippen LogP contribution in [-0.2, 0) is 0 Å². The number of thiazole rings is 1. The van der Waals surface area contributed by atoms with E-state index < -0.39 is 0 Å². The fourth-order valence-corrected chi connectivity index (χ4v) is 4.02. The molecule has 6 heteroatoms. The molecular formula is C18H22ClN3OS. The standard InChI is InChI=1S/C18H22ClN3OS/c1-12-15(16(23)21-11-18(2)7-9-20-10-8-18)24-17(22-12)13-3-5-14(19)6-4-13/h3-6,20H,7-11H2,1-2H3,(H,21,23). The van der Waals surface area contributed by atoms with Gasteiger partial charge in [-0.05, 0) is 50.4 Å². The summed E-state index contributed by atoms with van der Waals surface area (Å²) >= 11 is 7.36. The van der Waals surface area contributed by atoms with Crippen molar-refractivity contribution in [2.45, 2.75) is 26.7 Å². The minimum absolute atomic E-state index is 0.0232. The van der Waals surface area contributed by atoms with Gasteiger partial charge >= 0.3 is 0 Å². The monoisotopic (exact) mass is 363 g/mol. The van der Waals surface area contributed by atoms with Crippen molar-refractivity contribution < 1.29 is 4.79 Å². The molecular weight excluding hydrogens is 342 g/mol. The highest BCUT2D eigenvalue weighted by atomic mass is 35.5. The summed E-state index contributed by atoms with van der Waals surface area (Å²) in [6.45, 7) is 6.88. The Hall–Kier alpha value is -1.43. The van der Waals surface area contributed by atoms with Gasteiger partial charge in [-0.25, -0.2) is 4.98 Å². The molecule has 1 saturated heterocycles. The number of hydrogen-bond donors (Lipinski definition) is 2. The van der Waals surface area contributed by atoms with E-state index in [1.807, 2.05) is 31.2 Å². The van der Waals surface area contributed by atoms with Crippen molar-refractivity contribution in [2.75, 3.05) is 19.6 Å². The molecule has 0 spiro atoms. The SMILES string of the molecule is Cc1nc(-c2ccc(Cl)cc2)sc1C(=O)NCC1(C)CCNCC1. The quantitative estimate of drug-likeness (QED) is 0.866. The Labute approximate surface area is 151 Å². The maximum Gasteiger partial charge on any atom is 0.263 e. The zero-order chi connectivity index (χ0) is 17.2. The molecule has 3 rings (SSSR count). The van der Waals surface area contributed by atoms with Gasteiger partial charge in [0.1, 0.15) is 9.88 Å². The van der Waals surface area contributed by atoms with Crippen LogP contribution in [0.4, 0.5) is 0 Å². The molecule has 1 amide bonds. The molecule has 1 fully saturated rings. The highest BCUT2D eigenvalue weighted by molar-refractivity contribution is 7.17. The Bertz CT molecular complexity index is 720. The molecule has 0 saturated carbocycles. The number of aryl methyl sites for hydroxylation is 1. The van der Waals surface area contributed by atoms with Gasteiger partial charge in [0.05, 0.1) is 5.69 Å². The normalized spacial score (nSPS) is 16.8. The molecule has 128 valence electrons. The van der Waals surface area contributed by atoms with E-state index in [-0.39, 0.29) is 11.3 Å². The highest BCUT2D eigenvalue weighted by Gasteiger charge is 2.27. The van der Waals surface area contributed by atoms with E-state index in [9.17, 15) is 4.79 Å². The van der Waals surface area contributed by atoms with Crippen molar-refractivity contribution in [2.24, 2.45) is 5.41 Å². The van der Waals surface area contributed by atoms with Crippen LogP contribution in [-0.4, -0.2) is 30.5 Å². The largest absolute Gasteiger partial charge is 0.351 e. The Morgan fingerprint density at radius 3 is 2.67 bits per heavy atom. The van der Waals surface area contributed by atoms with Crippen LogP contribution >= 0.6 is 22.9 Å².